The standard InChI is InChI=1S/C16H24N6.HI/c1-4-13(3)21-16(18-5-2)19-10-14-6-8-15(9-7-14)22-12-17-11-20-22;/h6-9,11-13H,4-5,10H2,1-3H3,(H2,18,19,21);1H. The van der Waals surface area contributed by atoms with Crippen LogP contribution in [0.1, 0.15) is 32.8 Å². The van der Waals surface area contributed by atoms with Gasteiger partial charge < -0.3 is 10.6 Å². The minimum absolute atomic E-state index is 0. The van der Waals surface area contributed by atoms with Crippen LogP contribution in [-0.2, 0) is 6.54 Å². The number of hydrogen-bond acceptors (Lipinski definition) is 3. The average Bonchev–Trinajstić information content (AvgIpc) is 3.07. The maximum absolute atomic E-state index is 4.62. The monoisotopic (exact) mass is 428 g/mol. The molecule has 6 nitrogen and oxygen atoms in total. The van der Waals surface area contributed by atoms with Gasteiger partial charge in [-0.25, -0.2) is 14.7 Å². The summed E-state index contributed by atoms with van der Waals surface area (Å²) in [5.41, 5.74) is 2.15. The molecule has 0 spiro atoms. The van der Waals surface area contributed by atoms with Crippen molar-refractivity contribution in [2.75, 3.05) is 6.54 Å². The third-order valence-corrected chi connectivity index (χ3v) is 3.38. The molecule has 0 aliphatic carbocycles. The van der Waals surface area contributed by atoms with Gasteiger partial charge in [-0.15, -0.1) is 24.0 Å². The van der Waals surface area contributed by atoms with Crippen molar-refractivity contribution < 1.29 is 0 Å². The highest BCUT2D eigenvalue weighted by Crippen LogP contribution is 2.08. The number of aliphatic imine (C=N–C) groups is 1. The second-order valence-corrected chi connectivity index (χ2v) is 5.16. The first kappa shape index (κ1) is 19.4. The van der Waals surface area contributed by atoms with E-state index < -0.39 is 0 Å². The summed E-state index contributed by atoms with van der Waals surface area (Å²) in [6, 6.07) is 8.58. The lowest BCUT2D eigenvalue weighted by atomic mass is 10.2. The van der Waals surface area contributed by atoms with E-state index in [-0.39, 0.29) is 24.0 Å². The number of nitrogens with one attached hydrogen (secondary N) is 2. The van der Waals surface area contributed by atoms with Crippen LogP contribution >= 0.6 is 24.0 Å². The first-order chi connectivity index (χ1) is 10.7. The van der Waals surface area contributed by atoms with Crippen LogP contribution in [0.4, 0.5) is 0 Å². The van der Waals surface area contributed by atoms with Gasteiger partial charge in [-0.3, -0.25) is 0 Å². The molecule has 1 aromatic carbocycles. The van der Waals surface area contributed by atoms with E-state index in [1.807, 2.05) is 12.1 Å². The van der Waals surface area contributed by atoms with Gasteiger partial charge in [0.2, 0.25) is 0 Å². The first-order valence-electron chi connectivity index (χ1n) is 7.71. The van der Waals surface area contributed by atoms with Crippen molar-refractivity contribution >= 4 is 29.9 Å². The molecule has 126 valence electrons. The first-order valence-corrected chi connectivity index (χ1v) is 7.71. The zero-order valence-corrected chi connectivity index (χ0v) is 16.2. The molecule has 0 radical (unpaired) electrons. The Labute approximate surface area is 154 Å². The number of rotatable bonds is 6. The van der Waals surface area contributed by atoms with E-state index in [1.54, 1.807) is 11.0 Å². The lowest BCUT2D eigenvalue weighted by Crippen LogP contribution is -2.41. The molecule has 1 unspecified atom stereocenters. The third-order valence-electron chi connectivity index (χ3n) is 3.38. The normalized spacial score (nSPS) is 12.4. The van der Waals surface area contributed by atoms with Gasteiger partial charge in [-0.2, -0.15) is 5.10 Å². The Bertz CT molecular complexity index is 579. The molecule has 0 saturated carbocycles. The van der Waals surface area contributed by atoms with Crippen molar-refractivity contribution in [1.29, 1.82) is 0 Å². The summed E-state index contributed by atoms with van der Waals surface area (Å²) in [7, 11) is 0. The molecular formula is C16H25IN6. The molecule has 0 fully saturated rings. The fraction of sp³-hybridized carbons (Fsp3) is 0.438. The van der Waals surface area contributed by atoms with E-state index in [1.165, 1.54) is 6.33 Å². The van der Waals surface area contributed by atoms with E-state index in [0.717, 1.165) is 30.2 Å². The fourth-order valence-corrected chi connectivity index (χ4v) is 1.92. The van der Waals surface area contributed by atoms with Crippen molar-refractivity contribution in [3.05, 3.63) is 42.5 Å². The lowest BCUT2D eigenvalue weighted by Gasteiger charge is -2.16. The van der Waals surface area contributed by atoms with Crippen LogP contribution in [0, 0.1) is 0 Å². The maximum atomic E-state index is 4.62. The summed E-state index contributed by atoms with van der Waals surface area (Å²) in [6.45, 7) is 7.88. The van der Waals surface area contributed by atoms with Crippen molar-refractivity contribution in [3.63, 3.8) is 0 Å². The molecule has 1 atom stereocenters. The summed E-state index contributed by atoms with van der Waals surface area (Å²) in [4.78, 5) is 8.57. The number of nitrogens with zero attached hydrogens (tertiary/aromatic N) is 4. The van der Waals surface area contributed by atoms with Gasteiger partial charge in [0.15, 0.2) is 5.96 Å². The second kappa shape index (κ2) is 10.2. The quantitative estimate of drug-likeness (QED) is 0.422. The number of benzene rings is 1. The van der Waals surface area contributed by atoms with Crippen molar-refractivity contribution in [2.45, 2.75) is 39.8 Å². The number of halogens is 1. The Balaban J connectivity index is 0.00000264. The predicted molar refractivity (Wildman–Crippen MR) is 104 cm³/mol. The van der Waals surface area contributed by atoms with E-state index >= 15 is 0 Å². The minimum Gasteiger partial charge on any atom is -0.357 e. The van der Waals surface area contributed by atoms with Crippen LogP contribution in [0.5, 0.6) is 0 Å². The van der Waals surface area contributed by atoms with Gasteiger partial charge >= 0.3 is 0 Å². The zero-order valence-electron chi connectivity index (χ0n) is 13.9. The molecule has 0 bridgehead atoms. The summed E-state index contributed by atoms with van der Waals surface area (Å²) >= 11 is 0. The lowest BCUT2D eigenvalue weighted by molar-refractivity contribution is 0.624. The van der Waals surface area contributed by atoms with Crippen LogP contribution < -0.4 is 10.6 Å². The smallest absolute Gasteiger partial charge is 0.191 e. The van der Waals surface area contributed by atoms with Crippen molar-refractivity contribution in [2.24, 2.45) is 4.99 Å². The SMILES string of the molecule is CCNC(=NCc1ccc(-n2cncn2)cc1)NC(C)CC.I. The van der Waals surface area contributed by atoms with E-state index in [2.05, 4.69) is 58.6 Å². The molecule has 1 aromatic heterocycles. The van der Waals surface area contributed by atoms with Gasteiger partial charge in [0.05, 0.1) is 12.2 Å². The molecule has 0 saturated heterocycles. The molecule has 0 aliphatic heterocycles. The van der Waals surface area contributed by atoms with Gasteiger partial charge in [0, 0.05) is 12.6 Å². The Morgan fingerprint density at radius 1 is 1.26 bits per heavy atom. The number of aromatic nitrogens is 3. The number of hydrogen-bond donors (Lipinski definition) is 2. The Kier molecular flexibility index (Phi) is 8.60. The molecule has 0 aliphatic rings. The Morgan fingerprint density at radius 3 is 2.57 bits per heavy atom. The zero-order chi connectivity index (χ0) is 15.8. The third kappa shape index (κ3) is 6.17. The highest BCUT2D eigenvalue weighted by atomic mass is 127. The van der Waals surface area contributed by atoms with Crippen LogP contribution in [-0.4, -0.2) is 33.3 Å². The van der Waals surface area contributed by atoms with Crippen LogP contribution in [0.3, 0.4) is 0 Å². The van der Waals surface area contributed by atoms with E-state index in [0.29, 0.717) is 12.6 Å². The van der Waals surface area contributed by atoms with Crippen LogP contribution in [0.2, 0.25) is 0 Å². The predicted octanol–water partition coefficient (Wildman–Crippen LogP) is 2.74. The molecule has 2 N–H and O–H groups in total. The Hall–Kier alpha value is -1.64. The topological polar surface area (TPSA) is 67.1 Å². The van der Waals surface area contributed by atoms with E-state index in [4.69, 9.17) is 0 Å². The van der Waals surface area contributed by atoms with Gasteiger partial charge in [0.25, 0.3) is 0 Å². The van der Waals surface area contributed by atoms with Gasteiger partial charge in [0.1, 0.15) is 12.7 Å². The van der Waals surface area contributed by atoms with Crippen molar-refractivity contribution in [3.8, 4) is 5.69 Å². The summed E-state index contributed by atoms with van der Waals surface area (Å²) in [6.07, 6.45) is 4.28. The largest absolute Gasteiger partial charge is 0.357 e. The molecule has 7 heteroatoms. The molecule has 1 heterocycles. The second-order valence-electron chi connectivity index (χ2n) is 5.16. The average molecular weight is 428 g/mol. The van der Waals surface area contributed by atoms with Gasteiger partial charge in [-0.05, 0) is 38.0 Å². The molecule has 0 amide bonds. The maximum Gasteiger partial charge on any atom is 0.191 e. The minimum atomic E-state index is 0. The van der Waals surface area contributed by atoms with E-state index in [9.17, 15) is 0 Å². The molecule has 23 heavy (non-hydrogen) atoms. The Morgan fingerprint density at radius 2 is 2.00 bits per heavy atom. The highest BCUT2D eigenvalue weighted by molar-refractivity contribution is 14.0. The summed E-state index contributed by atoms with van der Waals surface area (Å²) in [5, 5.41) is 10.8. The molecule has 2 aromatic rings. The van der Waals surface area contributed by atoms with Crippen LogP contribution in [0.25, 0.3) is 5.69 Å². The molecular weight excluding hydrogens is 403 g/mol. The van der Waals surface area contributed by atoms with Crippen molar-refractivity contribution in [1.82, 2.24) is 25.4 Å². The van der Waals surface area contributed by atoms with Crippen LogP contribution in [0.15, 0.2) is 41.9 Å². The highest BCUT2D eigenvalue weighted by Gasteiger charge is 2.02. The number of guanidine groups is 1. The molecule has 2 rings (SSSR count). The summed E-state index contributed by atoms with van der Waals surface area (Å²) in [5.74, 6) is 0.859. The van der Waals surface area contributed by atoms with Gasteiger partial charge in [-0.1, -0.05) is 19.1 Å². The fourth-order valence-electron chi connectivity index (χ4n) is 1.92. The summed E-state index contributed by atoms with van der Waals surface area (Å²) < 4.78 is 1.74.